The summed E-state index contributed by atoms with van der Waals surface area (Å²) in [4.78, 5) is 15.8. The maximum Gasteiger partial charge on any atom is 0.158 e. The number of para-hydroxylation sites is 1. The Morgan fingerprint density at radius 3 is 1.95 bits per heavy atom. The van der Waals surface area contributed by atoms with Crippen LogP contribution in [-0.4, -0.2) is 21.2 Å². The number of hydrogen-bond acceptors (Lipinski definition) is 5. The molecule has 10 rings (SSSR count). The topological polar surface area (TPSA) is 37.2 Å². The van der Waals surface area contributed by atoms with E-state index >= 15 is 0 Å². The second-order valence-electron chi connectivity index (χ2n) is 15.6. The predicted octanol–water partition coefficient (Wildman–Crippen LogP) is 13.2. The molecule has 0 N–H and O–H groups in total. The van der Waals surface area contributed by atoms with Crippen molar-refractivity contribution in [1.82, 2.24) is 14.5 Å². The lowest BCUT2D eigenvalue weighted by atomic mass is 9.85. The number of benzene rings is 5. The predicted molar refractivity (Wildman–Crippen MR) is 239 cm³/mol. The van der Waals surface area contributed by atoms with Crippen LogP contribution in [0.4, 0.5) is 22.9 Å². The largest absolute Gasteiger partial charge is 0.320 e. The smallest absolute Gasteiger partial charge is 0.158 e. The highest BCUT2D eigenvalue weighted by Crippen LogP contribution is 2.45. The van der Waals surface area contributed by atoms with Gasteiger partial charge in [-0.1, -0.05) is 124 Å². The molecule has 0 aliphatic carbocycles. The Kier molecular flexibility index (Phi) is 8.57. The normalized spacial score (nSPS) is 12.7. The van der Waals surface area contributed by atoms with Gasteiger partial charge in [0.15, 0.2) is 5.82 Å². The molecule has 1 aliphatic rings. The van der Waals surface area contributed by atoms with E-state index in [4.69, 9.17) is 9.97 Å². The van der Waals surface area contributed by atoms with Gasteiger partial charge in [0.05, 0.1) is 11.2 Å². The molecule has 57 heavy (non-hydrogen) atoms. The summed E-state index contributed by atoms with van der Waals surface area (Å²) in [6.45, 7) is 7.43. The van der Waals surface area contributed by atoms with Gasteiger partial charge in [-0.2, -0.15) is 0 Å². The highest BCUT2D eigenvalue weighted by Gasteiger charge is 2.30. The molecule has 4 aromatic heterocycles. The van der Waals surface area contributed by atoms with Crippen LogP contribution in [0.2, 0.25) is 0 Å². The van der Waals surface area contributed by atoms with Gasteiger partial charge in [-0.05, 0) is 110 Å². The van der Waals surface area contributed by atoms with Gasteiger partial charge in [0.2, 0.25) is 0 Å². The molecule has 5 nitrogen and oxygen atoms in total. The van der Waals surface area contributed by atoms with Crippen LogP contribution in [0.1, 0.15) is 48.6 Å². The Labute approximate surface area is 337 Å². The average molecular weight is 756 g/mol. The molecule has 0 fully saturated rings. The van der Waals surface area contributed by atoms with Gasteiger partial charge in [0.1, 0.15) is 17.3 Å². The average Bonchev–Trinajstić information content (AvgIpc) is 3.97. The zero-order valence-corrected chi connectivity index (χ0v) is 33.0. The number of hydrogen-bond donors (Lipinski definition) is 0. The van der Waals surface area contributed by atoms with Crippen LogP contribution >= 0.6 is 11.3 Å². The van der Waals surface area contributed by atoms with Gasteiger partial charge in [-0.25, -0.2) is 9.97 Å². The number of thiophene rings is 1. The second-order valence-corrected chi connectivity index (χ2v) is 16.5. The molecule has 0 spiro atoms. The molecule has 0 atom stereocenters. The Hall–Kier alpha value is -6.76. The van der Waals surface area contributed by atoms with Gasteiger partial charge >= 0.3 is 0 Å². The number of rotatable bonds is 7. The van der Waals surface area contributed by atoms with Crippen LogP contribution in [0.25, 0.3) is 38.1 Å². The van der Waals surface area contributed by atoms with Crippen LogP contribution in [-0.2, 0) is 5.41 Å². The van der Waals surface area contributed by atoms with E-state index < -0.39 is 0 Å². The van der Waals surface area contributed by atoms with Crippen molar-refractivity contribution < 1.29 is 0 Å². The first-order valence-electron chi connectivity index (χ1n) is 19.4. The summed E-state index contributed by atoms with van der Waals surface area (Å²) >= 11 is 1.76. The molecule has 0 amide bonds. The molecule has 0 unspecified atom stereocenters. The Bertz CT molecular complexity index is 2880. The molecule has 5 aromatic carbocycles. The van der Waals surface area contributed by atoms with E-state index in [1.807, 2.05) is 18.5 Å². The SMILES string of the molecule is CC(C)(C)c1ccnc(-n2c3cc(C(=C(c4ccccc4)c4ccccc4)c4cccc(N5CN(c6ccccc6)c6cccnc65)c4)ccc3c3ccsc32)c1. The quantitative estimate of drug-likeness (QED) is 0.152. The summed E-state index contributed by atoms with van der Waals surface area (Å²) in [5.41, 5.74) is 12.6. The van der Waals surface area contributed by atoms with Gasteiger partial charge in [0.25, 0.3) is 0 Å². The zero-order valence-electron chi connectivity index (χ0n) is 32.2. The van der Waals surface area contributed by atoms with E-state index in [0.717, 1.165) is 62.0 Å². The van der Waals surface area contributed by atoms with Crippen molar-refractivity contribution in [1.29, 1.82) is 0 Å². The molecule has 0 radical (unpaired) electrons. The lowest BCUT2D eigenvalue weighted by molar-refractivity contribution is 0.589. The van der Waals surface area contributed by atoms with Crippen molar-refractivity contribution in [3.8, 4) is 5.82 Å². The van der Waals surface area contributed by atoms with E-state index in [1.54, 1.807) is 11.3 Å². The summed E-state index contributed by atoms with van der Waals surface area (Å²) in [5.74, 6) is 1.88. The molecule has 0 bridgehead atoms. The van der Waals surface area contributed by atoms with E-state index in [1.165, 1.54) is 26.7 Å². The first-order valence-corrected chi connectivity index (χ1v) is 20.3. The van der Waals surface area contributed by atoms with E-state index in [0.29, 0.717) is 6.67 Å². The Morgan fingerprint density at radius 1 is 0.544 bits per heavy atom. The second kappa shape index (κ2) is 14.1. The maximum atomic E-state index is 4.98. The molecule has 9 aromatic rings. The highest BCUT2D eigenvalue weighted by molar-refractivity contribution is 7.17. The lowest BCUT2D eigenvalue weighted by Crippen LogP contribution is -2.24. The number of nitrogens with zero attached hydrogens (tertiary/aromatic N) is 5. The first kappa shape index (κ1) is 34.7. The fraction of sp³-hybridized carbons (Fsp3) is 0.0980. The third kappa shape index (κ3) is 6.19. The zero-order chi connectivity index (χ0) is 38.5. The van der Waals surface area contributed by atoms with Crippen LogP contribution in [0.3, 0.4) is 0 Å². The Balaban J connectivity index is 1.21. The molecule has 276 valence electrons. The monoisotopic (exact) mass is 755 g/mol. The van der Waals surface area contributed by atoms with E-state index in [-0.39, 0.29) is 5.41 Å². The standard InChI is InChI=1S/C51H41N5S/c1-51(2,3)39-26-29-52-46(33-39)56-45-32-38(24-25-42(45)43-27-30-57-50(43)56)48(47(35-15-7-4-8-16-35)36-17-9-5-10-18-36)37-19-13-22-41(31-37)55-34-54(40-20-11-6-12-21-40)44-23-14-28-53-49(44)55/h4-33H,34H2,1-3H3. The van der Waals surface area contributed by atoms with Gasteiger partial charge in [0, 0.05) is 34.5 Å². The summed E-state index contributed by atoms with van der Waals surface area (Å²) in [5, 5.41) is 4.64. The molecule has 0 saturated carbocycles. The van der Waals surface area contributed by atoms with Crippen LogP contribution in [0.15, 0.2) is 182 Å². The number of fused-ring (bicyclic) bond motifs is 4. The van der Waals surface area contributed by atoms with Crippen molar-refractivity contribution in [3.05, 3.63) is 209 Å². The van der Waals surface area contributed by atoms with E-state index in [2.05, 4.69) is 198 Å². The number of anilines is 4. The van der Waals surface area contributed by atoms with Crippen molar-refractivity contribution in [2.75, 3.05) is 16.5 Å². The van der Waals surface area contributed by atoms with Crippen LogP contribution in [0, 0.1) is 0 Å². The molecule has 5 heterocycles. The molecule has 1 aliphatic heterocycles. The third-order valence-corrected chi connectivity index (χ3v) is 11.9. The van der Waals surface area contributed by atoms with Crippen LogP contribution < -0.4 is 9.80 Å². The fourth-order valence-electron chi connectivity index (χ4n) is 8.20. The van der Waals surface area contributed by atoms with Crippen molar-refractivity contribution in [3.63, 3.8) is 0 Å². The summed E-state index contributed by atoms with van der Waals surface area (Å²) in [6, 6.07) is 59.0. The van der Waals surface area contributed by atoms with Crippen molar-refractivity contribution in [2.45, 2.75) is 26.2 Å². The van der Waals surface area contributed by atoms with Gasteiger partial charge in [-0.15, -0.1) is 11.3 Å². The first-order chi connectivity index (χ1) is 27.9. The molecule has 6 heteroatoms. The van der Waals surface area contributed by atoms with Gasteiger partial charge in [-0.3, -0.25) is 4.57 Å². The van der Waals surface area contributed by atoms with Crippen molar-refractivity contribution >= 4 is 66.5 Å². The summed E-state index contributed by atoms with van der Waals surface area (Å²) in [7, 11) is 0. The Morgan fingerprint density at radius 2 is 1.21 bits per heavy atom. The summed E-state index contributed by atoms with van der Waals surface area (Å²) in [6.07, 6.45) is 3.84. The van der Waals surface area contributed by atoms with Crippen LogP contribution in [0.5, 0.6) is 0 Å². The minimum absolute atomic E-state index is 0.00886. The fourth-order valence-corrected chi connectivity index (χ4v) is 9.13. The lowest BCUT2D eigenvalue weighted by Gasteiger charge is -2.23. The third-order valence-electron chi connectivity index (χ3n) is 11.0. The molecular formula is C51H41N5S. The highest BCUT2D eigenvalue weighted by atomic mass is 32.1. The maximum absolute atomic E-state index is 4.98. The number of pyridine rings is 2. The molecule has 0 saturated heterocycles. The molecular weight excluding hydrogens is 715 g/mol. The van der Waals surface area contributed by atoms with E-state index in [9.17, 15) is 0 Å². The van der Waals surface area contributed by atoms with Crippen molar-refractivity contribution in [2.24, 2.45) is 0 Å². The minimum atomic E-state index is -0.00886. The minimum Gasteiger partial charge on any atom is -0.320 e. The number of aromatic nitrogens is 3. The summed E-state index contributed by atoms with van der Waals surface area (Å²) < 4.78 is 2.36. The van der Waals surface area contributed by atoms with Gasteiger partial charge < -0.3 is 9.80 Å².